The van der Waals surface area contributed by atoms with Crippen molar-refractivity contribution in [3.8, 4) is 0 Å². The van der Waals surface area contributed by atoms with Crippen molar-refractivity contribution in [2.45, 2.75) is 39.2 Å². The predicted octanol–water partition coefficient (Wildman–Crippen LogP) is 1.11. The molecule has 0 aliphatic carbocycles. The number of hydroxylamine groups is 1. The monoisotopic (exact) mass is 273 g/mol. The Kier molecular flexibility index (Phi) is 5.58. The zero-order chi connectivity index (χ0) is 14.5. The molecule has 1 aliphatic heterocycles. The first-order chi connectivity index (χ1) is 8.76. The van der Waals surface area contributed by atoms with Gasteiger partial charge in [-0.05, 0) is 53.8 Å². The fourth-order valence-corrected chi connectivity index (χ4v) is 2.05. The molecule has 0 aromatic rings. The fraction of sp³-hybridized carbons (Fsp3) is 0.923. The molecule has 0 radical (unpaired) electrons. The molecular formula is C13H27N3O3. The van der Waals surface area contributed by atoms with Gasteiger partial charge in [-0.1, -0.05) is 0 Å². The van der Waals surface area contributed by atoms with Crippen LogP contribution in [0.1, 0.15) is 33.6 Å². The molecule has 1 aliphatic rings. The van der Waals surface area contributed by atoms with Crippen LogP contribution >= 0.6 is 0 Å². The van der Waals surface area contributed by atoms with E-state index in [1.807, 2.05) is 20.8 Å². The van der Waals surface area contributed by atoms with Gasteiger partial charge in [0, 0.05) is 12.0 Å². The second kappa shape index (κ2) is 6.54. The maximum atomic E-state index is 11.4. The molecule has 1 saturated heterocycles. The summed E-state index contributed by atoms with van der Waals surface area (Å²) in [6, 6.07) is 0. The molecule has 6 heteroatoms. The molecule has 0 atom stereocenters. The molecule has 0 spiro atoms. The SMILES string of the molecule is CN1CCC(CN)(CONC(=O)OC(C)(C)C)CC1. The van der Waals surface area contributed by atoms with Crippen molar-refractivity contribution in [2.75, 3.05) is 33.3 Å². The molecule has 0 saturated carbocycles. The smallest absolute Gasteiger partial charge is 0.431 e. The lowest BCUT2D eigenvalue weighted by atomic mass is 9.79. The van der Waals surface area contributed by atoms with Gasteiger partial charge < -0.3 is 15.4 Å². The molecule has 0 aromatic heterocycles. The lowest BCUT2D eigenvalue weighted by molar-refractivity contribution is -0.0498. The molecular weight excluding hydrogens is 246 g/mol. The molecule has 1 amide bonds. The van der Waals surface area contributed by atoms with Gasteiger partial charge in [0.2, 0.25) is 0 Å². The number of nitrogens with zero attached hydrogens (tertiary/aromatic N) is 1. The number of hydrogen-bond donors (Lipinski definition) is 2. The lowest BCUT2D eigenvalue weighted by Gasteiger charge is -2.39. The third-order valence-electron chi connectivity index (χ3n) is 3.41. The summed E-state index contributed by atoms with van der Waals surface area (Å²) < 4.78 is 5.10. The van der Waals surface area contributed by atoms with Crippen molar-refractivity contribution in [3.05, 3.63) is 0 Å². The number of hydrogen-bond acceptors (Lipinski definition) is 5. The van der Waals surface area contributed by atoms with Gasteiger partial charge in [0.25, 0.3) is 0 Å². The lowest BCUT2D eigenvalue weighted by Crippen LogP contribution is -2.46. The first kappa shape index (κ1) is 16.2. The zero-order valence-corrected chi connectivity index (χ0v) is 12.5. The fourth-order valence-electron chi connectivity index (χ4n) is 2.05. The minimum absolute atomic E-state index is 0.0402. The quantitative estimate of drug-likeness (QED) is 0.750. The normalized spacial score (nSPS) is 20.1. The number of nitrogens with two attached hydrogens (primary N) is 1. The van der Waals surface area contributed by atoms with Gasteiger partial charge in [-0.3, -0.25) is 4.84 Å². The summed E-state index contributed by atoms with van der Waals surface area (Å²) in [5, 5.41) is 0. The summed E-state index contributed by atoms with van der Waals surface area (Å²) in [6.45, 7) is 8.44. The van der Waals surface area contributed by atoms with Crippen molar-refractivity contribution in [3.63, 3.8) is 0 Å². The van der Waals surface area contributed by atoms with Crippen molar-refractivity contribution in [1.82, 2.24) is 10.4 Å². The van der Waals surface area contributed by atoms with Crippen molar-refractivity contribution in [2.24, 2.45) is 11.1 Å². The Hall–Kier alpha value is -0.850. The molecule has 1 fully saturated rings. The van der Waals surface area contributed by atoms with Crippen LogP contribution in [0.4, 0.5) is 4.79 Å². The molecule has 3 N–H and O–H groups in total. The van der Waals surface area contributed by atoms with Gasteiger partial charge in [0.15, 0.2) is 0 Å². The van der Waals surface area contributed by atoms with Crippen LogP contribution in [0.3, 0.4) is 0 Å². The van der Waals surface area contributed by atoms with Crippen LogP contribution in [0, 0.1) is 5.41 Å². The Balaban J connectivity index is 2.32. The Bertz CT molecular complexity index is 294. The van der Waals surface area contributed by atoms with Crippen molar-refractivity contribution < 1.29 is 14.4 Å². The van der Waals surface area contributed by atoms with Gasteiger partial charge in [-0.2, -0.15) is 5.48 Å². The van der Waals surface area contributed by atoms with Gasteiger partial charge in [0.1, 0.15) is 5.60 Å². The highest BCUT2D eigenvalue weighted by atomic mass is 16.7. The Morgan fingerprint density at radius 1 is 1.37 bits per heavy atom. The van der Waals surface area contributed by atoms with Gasteiger partial charge in [-0.25, -0.2) is 4.79 Å². The van der Waals surface area contributed by atoms with E-state index in [0.29, 0.717) is 13.2 Å². The molecule has 0 bridgehead atoms. The minimum Gasteiger partial charge on any atom is -0.442 e. The molecule has 112 valence electrons. The van der Waals surface area contributed by atoms with Crippen molar-refractivity contribution in [1.29, 1.82) is 0 Å². The summed E-state index contributed by atoms with van der Waals surface area (Å²) in [5.41, 5.74) is 7.62. The number of rotatable bonds is 4. The average molecular weight is 273 g/mol. The first-order valence-corrected chi connectivity index (χ1v) is 6.76. The zero-order valence-electron chi connectivity index (χ0n) is 12.5. The number of amides is 1. The summed E-state index contributed by atoms with van der Waals surface area (Å²) in [6.07, 6.45) is 1.40. The van der Waals surface area contributed by atoms with Crippen LogP contribution in [0.15, 0.2) is 0 Å². The number of nitrogens with one attached hydrogen (secondary N) is 1. The summed E-state index contributed by atoms with van der Waals surface area (Å²) >= 11 is 0. The highest BCUT2D eigenvalue weighted by molar-refractivity contribution is 5.66. The molecule has 1 heterocycles. The second-order valence-corrected chi connectivity index (χ2v) is 6.40. The molecule has 1 rings (SSSR count). The van der Waals surface area contributed by atoms with E-state index < -0.39 is 11.7 Å². The maximum absolute atomic E-state index is 11.4. The van der Waals surface area contributed by atoms with Gasteiger partial charge in [-0.15, -0.1) is 0 Å². The van der Waals surface area contributed by atoms with E-state index in [4.69, 9.17) is 15.3 Å². The van der Waals surface area contributed by atoms with E-state index in [2.05, 4.69) is 17.4 Å². The molecule has 19 heavy (non-hydrogen) atoms. The largest absolute Gasteiger partial charge is 0.442 e. The van der Waals surface area contributed by atoms with Crippen LogP contribution in [0.2, 0.25) is 0 Å². The van der Waals surface area contributed by atoms with Crippen LogP contribution in [-0.2, 0) is 9.57 Å². The number of likely N-dealkylation sites (tertiary alicyclic amines) is 1. The standard InChI is InChI=1S/C13H27N3O3/c1-12(2,3)19-11(17)15-18-10-13(9-14)5-7-16(4)8-6-13/h5-10,14H2,1-4H3,(H,15,17). The Morgan fingerprint density at radius 2 is 1.95 bits per heavy atom. The number of piperidine rings is 1. The number of carbonyl (C=O) groups excluding carboxylic acids is 1. The van der Waals surface area contributed by atoms with Crippen LogP contribution < -0.4 is 11.2 Å². The van der Waals surface area contributed by atoms with Crippen LogP contribution in [0.5, 0.6) is 0 Å². The van der Waals surface area contributed by atoms with E-state index in [1.165, 1.54) is 0 Å². The average Bonchev–Trinajstić information content (AvgIpc) is 2.30. The number of ether oxygens (including phenoxy) is 1. The topological polar surface area (TPSA) is 76.8 Å². The first-order valence-electron chi connectivity index (χ1n) is 6.76. The third kappa shape index (κ3) is 5.76. The highest BCUT2D eigenvalue weighted by Gasteiger charge is 2.33. The Labute approximate surface area is 115 Å². The minimum atomic E-state index is -0.562. The summed E-state index contributed by atoms with van der Waals surface area (Å²) in [5.74, 6) is 0. The van der Waals surface area contributed by atoms with Gasteiger partial charge in [0.05, 0.1) is 6.61 Å². The van der Waals surface area contributed by atoms with E-state index in [0.717, 1.165) is 25.9 Å². The van der Waals surface area contributed by atoms with E-state index in [-0.39, 0.29) is 5.41 Å². The van der Waals surface area contributed by atoms with E-state index in [1.54, 1.807) is 0 Å². The van der Waals surface area contributed by atoms with Crippen molar-refractivity contribution >= 4 is 6.09 Å². The third-order valence-corrected chi connectivity index (χ3v) is 3.41. The molecule has 6 nitrogen and oxygen atoms in total. The predicted molar refractivity (Wildman–Crippen MR) is 73.5 cm³/mol. The van der Waals surface area contributed by atoms with Gasteiger partial charge >= 0.3 is 6.09 Å². The number of carbonyl (C=O) groups is 1. The summed E-state index contributed by atoms with van der Waals surface area (Å²) in [7, 11) is 2.10. The molecule has 0 aromatic carbocycles. The van der Waals surface area contributed by atoms with E-state index in [9.17, 15) is 4.79 Å². The summed E-state index contributed by atoms with van der Waals surface area (Å²) in [4.78, 5) is 19.0. The van der Waals surface area contributed by atoms with Crippen LogP contribution in [0.25, 0.3) is 0 Å². The van der Waals surface area contributed by atoms with E-state index >= 15 is 0 Å². The highest BCUT2D eigenvalue weighted by Crippen LogP contribution is 2.29. The Morgan fingerprint density at radius 3 is 2.42 bits per heavy atom. The molecule has 0 unspecified atom stereocenters. The van der Waals surface area contributed by atoms with Crippen LogP contribution in [-0.4, -0.2) is 49.9 Å². The maximum Gasteiger partial charge on any atom is 0.431 e. The second-order valence-electron chi connectivity index (χ2n) is 6.40.